The topological polar surface area (TPSA) is 18.5 Å². The van der Waals surface area contributed by atoms with Crippen LogP contribution >= 0.6 is 0 Å². The van der Waals surface area contributed by atoms with E-state index in [9.17, 15) is 0 Å². The zero-order valence-corrected chi connectivity index (χ0v) is 12.7. The fraction of sp³-hybridized carbons (Fsp3) is 0.625. The smallest absolute Gasteiger partial charge is 0.0414 e. The summed E-state index contributed by atoms with van der Waals surface area (Å²) >= 11 is 0. The molecule has 1 aromatic rings. The monoisotopic (exact) mass is 261 g/mol. The summed E-state index contributed by atoms with van der Waals surface area (Å²) < 4.78 is 0. The van der Waals surface area contributed by atoms with Gasteiger partial charge in [-0.25, -0.2) is 0 Å². The number of hydrogen-bond acceptors (Lipinski definition) is 3. The number of benzene rings is 1. The van der Waals surface area contributed by atoms with Crippen LogP contribution in [0, 0.1) is 0 Å². The minimum Gasteiger partial charge on any atom is -0.370 e. The molecule has 0 saturated carbocycles. The van der Waals surface area contributed by atoms with E-state index < -0.39 is 0 Å². The van der Waals surface area contributed by atoms with E-state index in [1.54, 1.807) is 0 Å². The number of rotatable bonds is 4. The minimum absolute atomic E-state index is 0.389. The maximum Gasteiger partial charge on any atom is 0.0414 e. The van der Waals surface area contributed by atoms with E-state index >= 15 is 0 Å². The maximum atomic E-state index is 3.35. The Bertz CT molecular complexity index is 405. The Hall–Kier alpha value is -1.06. The molecule has 2 rings (SSSR count). The van der Waals surface area contributed by atoms with Crippen molar-refractivity contribution >= 4 is 5.69 Å². The van der Waals surface area contributed by atoms with Crippen LogP contribution in [0.15, 0.2) is 24.3 Å². The Morgan fingerprint density at radius 3 is 2.79 bits per heavy atom. The van der Waals surface area contributed by atoms with Gasteiger partial charge in [0.1, 0.15) is 0 Å². The molecular weight excluding hydrogens is 234 g/mol. The molecule has 3 nitrogen and oxygen atoms in total. The zero-order chi connectivity index (χ0) is 13.8. The van der Waals surface area contributed by atoms with Gasteiger partial charge in [0, 0.05) is 31.4 Å². The van der Waals surface area contributed by atoms with E-state index in [4.69, 9.17) is 0 Å². The summed E-state index contributed by atoms with van der Waals surface area (Å²) in [6, 6.07) is 9.78. The lowest BCUT2D eigenvalue weighted by molar-refractivity contribution is 0.247. The van der Waals surface area contributed by atoms with Crippen LogP contribution in [0.4, 0.5) is 5.69 Å². The summed E-state index contributed by atoms with van der Waals surface area (Å²) in [6.45, 7) is 4.62. The summed E-state index contributed by atoms with van der Waals surface area (Å²) in [7, 11) is 6.49. The van der Waals surface area contributed by atoms with Gasteiger partial charge in [-0.2, -0.15) is 0 Å². The fourth-order valence-corrected chi connectivity index (χ4v) is 2.98. The summed E-state index contributed by atoms with van der Waals surface area (Å²) in [5, 5.41) is 3.35. The number of piperidine rings is 1. The third kappa shape index (κ3) is 3.28. The van der Waals surface area contributed by atoms with Crippen LogP contribution in [-0.2, 0) is 0 Å². The van der Waals surface area contributed by atoms with Gasteiger partial charge in [0.15, 0.2) is 0 Å². The lowest BCUT2D eigenvalue weighted by Crippen LogP contribution is -2.45. The second-order valence-electron chi connectivity index (χ2n) is 5.74. The molecule has 1 heterocycles. The van der Waals surface area contributed by atoms with E-state index in [1.165, 1.54) is 37.2 Å². The number of nitrogens with one attached hydrogen (secondary N) is 1. The lowest BCUT2D eigenvalue weighted by Gasteiger charge is -2.38. The highest BCUT2D eigenvalue weighted by Crippen LogP contribution is 2.28. The first kappa shape index (κ1) is 14.4. The Morgan fingerprint density at radius 1 is 1.37 bits per heavy atom. The highest BCUT2D eigenvalue weighted by Gasteiger charge is 2.23. The Balaban J connectivity index is 2.20. The van der Waals surface area contributed by atoms with Gasteiger partial charge in [0.2, 0.25) is 0 Å². The molecule has 1 aliphatic heterocycles. The number of para-hydroxylation sites is 1. The molecular formula is C16H27N3. The number of likely N-dealkylation sites (N-methyl/N-ethyl adjacent to an activating group) is 2. The number of nitrogens with zero attached hydrogens (tertiary/aromatic N) is 2. The van der Waals surface area contributed by atoms with Crippen molar-refractivity contribution in [3.05, 3.63) is 29.8 Å². The predicted octanol–water partition coefficient (Wildman–Crippen LogP) is 2.50. The molecule has 1 saturated heterocycles. The van der Waals surface area contributed by atoms with E-state index in [1.807, 2.05) is 7.05 Å². The molecule has 2 unspecified atom stereocenters. The largest absolute Gasteiger partial charge is 0.370 e. The molecule has 1 N–H and O–H groups in total. The highest BCUT2D eigenvalue weighted by molar-refractivity contribution is 5.55. The zero-order valence-electron chi connectivity index (χ0n) is 12.7. The molecule has 0 aromatic heterocycles. The van der Waals surface area contributed by atoms with Gasteiger partial charge < -0.3 is 15.1 Å². The predicted molar refractivity (Wildman–Crippen MR) is 82.8 cm³/mol. The van der Waals surface area contributed by atoms with Crippen LogP contribution in [0.5, 0.6) is 0 Å². The number of likely N-dealkylation sites (tertiary alicyclic amines) is 1. The Morgan fingerprint density at radius 2 is 2.11 bits per heavy atom. The lowest BCUT2D eigenvalue weighted by atomic mass is 10.0. The summed E-state index contributed by atoms with van der Waals surface area (Å²) in [6.07, 6.45) is 2.60. The standard InChI is InChI=1S/C16H27N3/c1-13(17-2)15-9-5-6-10-16(15)19(4)14-8-7-11-18(3)12-14/h5-6,9-10,13-14,17H,7-8,11-12H2,1-4H3. The normalized spacial score (nSPS) is 22.2. The molecule has 0 spiro atoms. The van der Waals surface area contributed by atoms with Crippen LogP contribution in [0.25, 0.3) is 0 Å². The molecule has 106 valence electrons. The van der Waals surface area contributed by atoms with Gasteiger partial charge >= 0.3 is 0 Å². The SMILES string of the molecule is CNC(C)c1ccccc1N(C)C1CCCN(C)C1. The third-order valence-electron chi connectivity index (χ3n) is 4.36. The van der Waals surface area contributed by atoms with Crippen molar-refractivity contribution in [3.8, 4) is 0 Å². The van der Waals surface area contributed by atoms with Crippen molar-refractivity contribution in [2.24, 2.45) is 0 Å². The van der Waals surface area contributed by atoms with E-state index in [0.29, 0.717) is 12.1 Å². The average Bonchev–Trinajstić information content (AvgIpc) is 2.45. The first-order valence-electron chi connectivity index (χ1n) is 7.31. The second-order valence-corrected chi connectivity index (χ2v) is 5.74. The van der Waals surface area contributed by atoms with Crippen molar-refractivity contribution in [1.29, 1.82) is 0 Å². The first-order chi connectivity index (χ1) is 9.13. The second kappa shape index (κ2) is 6.40. The van der Waals surface area contributed by atoms with Crippen molar-refractivity contribution < 1.29 is 0 Å². The molecule has 0 amide bonds. The van der Waals surface area contributed by atoms with E-state index in [-0.39, 0.29) is 0 Å². The Labute approximate surface area is 117 Å². The molecule has 1 aliphatic rings. The maximum absolute atomic E-state index is 3.35. The molecule has 0 radical (unpaired) electrons. The van der Waals surface area contributed by atoms with Gasteiger partial charge in [0.25, 0.3) is 0 Å². The van der Waals surface area contributed by atoms with Gasteiger partial charge in [-0.1, -0.05) is 18.2 Å². The molecule has 1 aromatic carbocycles. The van der Waals surface area contributed by atoms with Gasteiger partial charge in [0.05, 0.1) is 0 Å². The minimum atomic E-state index is 0.389. The average molecular weight is 261 g/mol. The van der Waals surface area contributed by atoms with Gasteiger partial charge in [-0.3, -0.25) is 0 Å². The van der Waals surface area contributed by atoms with Gasteiger partial charge in [-0.05, 0) is 52.0 Å². The molecule has 1 fully saturated rings. The summed E-state index contributed by atoms with van der Waals surface area (Å²) in [4.78, 5) is 4.91. The molecule has 0 aliphatic carbocycles. The van der Waals surface area contributed by atoms with Crippen molar-refractivity contribution in [2.45, 2.75) is 31.8 Å². The van der Waals surface area contributed by atoms with Crippen molar-refractivity contribution in [1.82, 2.24) is 10.2 Å². The van der Waals surface area contributed by atoms with Gasteiger partial charge in [-0.15, -0.1) is 0 Å². The van der Waals surface area contributed by atoms with Crippen LogP contribution in [0.2, 0.25) is 0 Å². The Kier molecular flexibility index (Phi) is 4.83. The van der Waals surface area contributed by atoms with E-state index in [2.05, 4.69) is 60.4 Å². The third-order valence-corrected chi connectivity index (χ3v) is 4.36. The fourth-order valence-electron chi connectivity index (χ4n) is 2.98. The summed E-state index contributed by atoms with van der Waals surface area (Å²) in [5.41, 5.74) is 2.75. The molecule has 3 heteroatoms. The summed E-state index contributed by atoms with van der Waals surface area (Å²) in [5.74, 6) is 0. The van der Waals surface area contributed by atoms with E-state index in [0.717, 1.165) is 0 Å². The number of anilines is 1. The van der Waals surface area contributed by atoms with Crippen LogP contribution in [0.1, 0.15) is 31.4 Å². The first-order valence-corrected chi connectivity index (χ1v) is 7.31. The number of hydrogen-bond donors (Lipinski definition) is 1. The highest BCUT2D eigenvalue weighted by atomic mass is 15.2. The van der Waals surface area contributed by atoms with Crippen LogP contribution in [0.3, 0.4) is 0 Å². The molecule has 0 bridgehead atoms. The van der Waals surface area contributed by atoms with Crippen LogP contribution in [-0.4, -0.2) is 45.2 Å². The molecule has 19 heavy (non-hydrogen) atoms. The van der Waals surface area contributed by atoms with Crippen molar-refractivity contribution in [2.75, 3.05) is 39.1 Å². The molecule has 2 atom stereocenters. The van der Waals surface area contributed by atoms with Crippen LogP contribution < -0.4 is 10.2 Å². The van der Waals surface area contributed by atoms with Crippen molar-refractivity contribution in [3.63, 3.8) is 0 Å². The quantitative estimate of drug-likeness (QED) is 0.898.